The van der Waals surface area contributed by atoms with Gasteiger partial charge in [0.1, 0.15) is 5.73 Å². The van der Waals surface area contributed by atoms with Crippen LogP contribution < -0.4 is 0 Å². The third-order valence-electron chi connectivity index (χ3n) is 5.49. The van der Waals surface area contributed by atoms with Gasteiger partial charge in [-0.2, -0.15) is 4.31 Å². The minimum Gasteiger partial charge on any atom is -0.398 e. The van der Waals surface area contributed by atoms with E-state index in [1.54, 1.807) is 24.3 Å². The molecule has 0 N–H and O–H groups in total. The Bertz CT molecular complexity index is 817. The average Bonchev–Trinajstić information content (AvgIpc) is 3.11. The maximum Gasteiger partial charge on any atom is 0.525 e. The number of halogens is 1. The lowest BCUT2D eigenvalue weighted by molar-refractivity contribution is 0.00578. The Labute approximate surface area is 155 Å². The predicted octanol–water partition coefficient (Wildman–Crippen LogP) is 3.24. The second-order valence-electron chi connectivity index (χ2n) is 7.94. The molecule has 2 fully saturated rings. The molecule has 26 heavy (non-hydrogen) atoms. The molecule has 0 unspecified atom stereocenters. The zero-order valence-corrected chi connectivity index (χ0v) is 16.7. The highest BCUT2D eigenvalue weighted by molar-refractivity contribution is 7.89. The molecule has 2 heterocycles. The van der Waals surface area contributed by atoms with E-state index in [-0.39, 0.29) is 18.0 Å². The molecule has 0 spiro atoms. The minimum atomic E-state index is -3.64. The van der Waals surface area contributed by atoms with Gasteiger partial charge >= 0.3 is 7.12 Å². The van der Waals surface area contributed by atoms with Crippen LogP contribution in [0.1, 0.15) is 39.7 Å². The highest BCUT2D eigenvalue weighted by Gasteiger charge is 2.53. The Hall–Kier alpha value is -1.22. The fourth-order valence-electron chi connectivity index (χ4n) is 3.00. The van der Waals surface area contributed by atoms with Crippen LogP contribution in [0.25, 0.3) is 0 Å². The maximum atomic E-state index is 14.9. The molecule has 3 rings (SSSR count). The summed E-state index contributed by atoms with van der Waals surface area (Å²) in [6.45, 7) is 9.58. The van der Waals surface area contributed by atoms with Gasteiger partial charge in [0, 0.05) is 13.1 Å². The summed E-state index contributed by atoms with van der Waals surface area (Å²) in [5, 5.41) is 0. The van der Waals surface area contributed by atoms with Crippen molar-refractivity contribution in [2.75, 3.05) is 13.1 Å². The lowest BCUT2D eigenvalue weighted by Gasteiger charge is -2.32. The maximum absolute atomic E-state index is 14.9. The van der Waals surface area contributed by atoms with Crippen LogP contribution in [0.2, 0.25) is 0 Å². The summed E-state index contributed by atoms with van der Waals surface area (Å²) in [7, 11) is -4.73. The molecular weight excluding hydrogens is 356 g/mol. The number of rotatable bonds is 3. The third-order valence-corrected chi connectivity index (χ3v) is 7.35. The molecule has 2 aliphatic rings. The van der Waals surface area contributed by atoms with Gasteiger partial charge in [0.05, 0.1) is 16.1 Å². The molecule has 0 bridgehead atoms. The van der Waals surface area contributed by atoms with Crippen molar-refractivity contribution in [3.63, 3.8) is 0 Å². The second-order valence-corrected chi connectivity index (χ2v) is 9.88. The lowest BCUT2D eigenvalue weighted by Crippen LogP contribution is -2.41. The second kappa shape index (κ2) is 6.44. The first-order valence-corrected chi connectivity index (χ1v) is 10.2. The van der Waals surface area contributed by atoms with Crippen LogP contribution >= 0.6 is 0 Å². The van der Waals surface area contributed by atoms with Gasteiger partial charge in [0.15, 0.2) is 0 Å². The number of nitrogens with zero attached hydrogens (tertiary/aromatic N) is 1. The highest BCUT2D eigenvalue weighted by atomic mass is 32.2. The first-order chi connectivity index (χ1) is 11.9. The number of aryl methyl sites for hydroxylation is 1. The Balaban J connectivity index is 1.80. The fraction of sp³-hybridized carbons (Fsp3) is 0.556. The molecule has 1 aromatic rings. The summed E-state index contributed by atoms with van der Waals surface area (Å²) in [6.07, 6.45) is 0.334. The topological polar surface area (TPSA) is 55.8 Å². The Morgan fingerprint density at radius 1 is 1.12 bits per heavy atom. The monoisotopic (exact) mass is 381 g/mol. The van der Waals surface area contributed by atoms with Crippen LogP contribution in [0.5, 0.6) is 0 Å². The van der Waals surface area contributed by atoms with Crippen molar-refractivity contribution in [1.82, 2.24) is 4.31 Å². The SMILES string of the molecule is Cc1ccc(S(=O)(=O)N2CCC(=C(F)B3OC(C)(C)C(C)(C)O3)C2)cc1. The normalized spacial score (nSPS) is 24.9. The Kier molecular flexibility index (Phi) is 4.84. The van der Waals surface area contributed by atoms with Crippen LogP contribution in [-0.2, 0) is 19.3 Å². The van der Waals surface area contributed by atoms with Crippen molar-refractivity contribution >= 4 is 17.1 Å². The summed E-state index contributed by atoms with van der Waals surface area (Å²) in [5.41, 5.74) is -0.383. The number of hydrogen-bond donors (Lipinski definition) is 0. The van der Waals surface area contributed by atoms with Crippen molar-refractivity contribution in [3.8, 4) is 0 Å². The van der Waals surface area contributed by atoms with Crippen LogP contribution in [0.15, 0.2) is 40.5 Å². The number of benzene rings is 1. The number of sulfonamides is 1. The van der Waals surface area contributed by atoms with Crippen molar-refractivity contribution in [2.24, 2.45) is 0 Å². The van der Waals surface area contributed by atoms with E-state index >= 15 is 0 Å². The van der Waals surface area contributed by atoms with Crippen molar-refractivity contribution in [1.29, 1.82) is 0 Å². The van der Waals surface area contributed by atoms with Crippen LogP contribution in [0, 0.1) is 6.92 Å². The van der Waals surface area contributed by atoms with E-state index in [4.69, 9.17) is 9.31 Å². The van der Waals surface area contributed by atoms with Gasteiger partial charge in [-0.1, -0.05) is 17.7 Å². The molecule has 2 aliphatic heterocycles. The summed E-state index contributed by atoms with van der Waals surface area (Å²) in [4.78, 5) is 0.223. The molecule has 0 radical (unpaired) electrons. The van der Waals surface area contributed by atoms with Gasteiger partial charge in [-0.15, -0.1) is 0 Å². The smallest absolute Gasteiger partial charge is 0.398 e. The van der Waals surface area contributed by atoms with E-state index in [9.17, 15) is 12.8 Å². The molecule has 1 aromatic carbocycles. The molecule has 0 aromatic heterocycles. The molecule has 142 valence electrons. The largest absolute Gasteiger partial charge is 0.525 e. The van der Waals surface area contributed by atoms with Crippen molar-refractivity contribution < 1.29 is 22.1 Å². The van der Waals surface area contributed by atoms with E-state index in [2.05, 4.69) is 0 Å². The molecular formula is C18H25BFNO4S. The fourth-order valence-corrected chi connectivity index (χ4v) is 4.44. The average molecular weight is 381 g/mol. The van der Waals surface area contributed by atoms with Gasteiger partial charge in [0.2, 0.25) is 10.0 Å². The van der Waals surface area contributed by atoms with Gasteiger partial charge in [-0.25, -0.2) is 12.8 Å². The van der Waals surface area contributed by atoms with E-state index in [0.29, 0.717) is 12.0 Å². The molecule has 0 atom stereocenters. The molecule has 0 aliphatic carbocycles. The van der Waals surface area contributed by atoms with E-state index in [1.807, 2.05) is 34.6 Å². The molecule has 8 heteroatoms. The lowest BCUT2D eigenvalue weighted by atomic mass is 9.84. The summed E-state index contributed by atoms with van der Waals surface area (Å²) in [6, 6.07) is 6.67. The van der Waals surface area contributed by atoms with Crippen LogP contribution in [0.3, 0.4) is 0 Å². The standard InChI is InChI=1S/C18H25BFNO4S/c1-13-6-8-15(9-7-13)26(22,23)21-11-10-14(12-21)16(20)19-24-17(2,3)18(4,5)25-19/h6-9H,10-12H2,1-5H3. The van der Waals surface area contributed by atoms with Gasteiger partial charge in [-0.3, -0.25) is 0 Å². The van der Waals surface area contributed by atoms with Gasteiger partial charge < -0.3 is 9.31 Å². The van der Waals surface area contributed by atoms with Crippen molar-refractivity contribution in [2.45, 2.75) is 57.1 Å². The first-order valence-electron chi connectivity index (χ1n) is 8.74. The predicted molar refractivity (Wildman–Crippen MR) is 98.8 cm³/mol. The molecule has 2 saturated heterocycles. The van der Waals surface area contributed by atoms with Crippen LogP contribution in [0.4, 0.5) is 4.39 Å². The van der Waals surface area contributed by atoms with Crippen LogP contribution in [-0.4, -0.2) is 44.1 Å². The zero-order valence-electron chi connectivity index (χ0n) is 15.9. The summed E-state index contributed by atoms with van der Waals surface area (Å²) in [5.74, 6) is 0. The summed E-state index contributed by atoms with van der Waals surface area (Å²) < 4.78 is 53.2. The Morgan fingerprint density at radius 3 is 2.19 bits per heavy atom. The van der Waals surface area contributed by atoms with Crippen molar-refractivity contribution in [3.05, 3.63) is 41.1 Å². The molecule has 5 nitrogen and oxygen atoms in total. The zero-order chi connectivity index (χ0) is 19.3. The highest BCUT2D eigenvalue weighted by Crippen LogP contribution is 2.40. The van der Waals surface area contributed by atoms with E-state index < -0.39 is 34.1 Å². The van der Waals surface area contributed by atoms with E-state index in [1.165, 1.54) is 4.31 Å². The van der Waals surface area contributed by atoms with Gasteiger partial charge in [-0.05, 0) is 58.7 Å². The third kappa shape index (κ3) is 3.35. The first kappa shape index (κ1) is 19.5. The molecule has 0 amide bonds. The van der Waals surface area contributed by atoms with Gasteiger partial charge in [0.25, 0.3) is 0 Å². The quantitative estimate of drug-likeness (QED) is 0.755. The Morgan fingerprint density at radius 2 is 1.65 bits per heavy atom. The van der Waals surface area contributed by atoms with E-state index in [0.717, 1.165) is 5.56 Å². The molecule has 0 saturated carbocycles. The summed E-state index contributed by atoms with van der Waals surface area (Å²) >= 11 is 0. The minimum absolute atomic E-state index is 0.0200. The number of hydrogen-bond acceptors (Lipinski definition) is 4.